The van der Waals surface area contributed by atoms with E-state index in [0.717, 1.165) is 12.2 Å². The summed E-state index contributed by atoms with van der Waals surface area (Å²) >= 11 is 0. The minimum Gasteiger partial charge on any atom is -0.492 e. The van der Waals surface area contributed by atoms with Crippen molar-refractivity contribution in [3.8, 4) is 23.0 Å². The molecule has 2 aliphatic carbocycles. The Hall–Kier alpha value is -6.16. The van der Waals surface area contributed by atoms with Crippen LogP contribution in [-0.2, 0) is 9.59 Å². The van der Waals surface area contributed by atoms with Gasteiger partial charge in [-0.05, 0) is 60.7 Å². The standard InChI is InChI=1S/C36H22O10/c1-15(37)45-27-13-21-23(39)9-11-25(41)29(21)31-17(27)5-7-19-33(31)34-20(36(44-4)35(19)43-3)8-6-18-28(46-16(2)38)14-22-24(40)10-12-26(42)30(22)32(18)34/h5-14H,1-4H3. The molecule has 0 radical (unpaired) electrons. The topological polar surface area (TPSA) is 139 Å². The molecule has 0 bridgehead atoms. The second-order valence-electron chi connectivity index (χ2n) is 10.8. The molecule has 10 heteroatoms. The van der Waals surface area contributed by atoms with Crippen molar-refractivity contribution in [3.63, 3.8) is 0 Å². The van der Waals surface area contributed by atoms with Crippen molar-refractivity contribution in [1.29, 1.82) is 0 Å². The number of benzene rings is 5. The van der Waals surface area contributed by atoms with E-state index in [2.05, 4.69) is 0 Å². The molecular formula is C36H22O10. The Morgan fingerprint density at radius 3 is 1.20 bits per heavy atom. The first-order valence-corrected chi connectivity index (χ1v) is 14.1. The maximum absolute atomic E-state index is 13.6. The number of ketones is 4. The zero-order chi connectivity index (χ0) is 32.6. The Labute approximate surface area is 259 Å². The van der Waals surface area contributed by atoms with Crippen molar-refractivity contribution in [2.45, 2.75) is 13.8 Å². The van der Waals surface area contributed by atoms with Gasteiger partial charge in [0.05, 0.1) is 14.2 Å². The summed E-state index contributed by atoms with van der Waals surface area (Å²) < 4.78 is 22.8. The number of carbonyl (C=O) groups is 6. The molecule has 7 rings (SSSR count). The Bertz CT molecular complexity index is 2240. The quantitative estimate of drug-likeness (QED) is 0.134. The summed E-state index contributed by atoms with van der Waals surface area (Å²) in [6.07, 6.45) is 4.63. The van der Waals surface area contributed by atoms with Gasteiger partial charge in [0.2, 0.25) is 0 Å². The van der Waals surface area contributed by atoms with E-state index in [1.54, 1.807) is 24.3 Å². The highest BCUT2D eigenvalue weighted by atomic mass is 16.5. The molecule has 0 atom stereocenters. The van der Waals surface area contributed by atoms with Gasteiger partial charge in [-0.25, -0.2) is 0 Å². The summed E-state index contributed by atoms with van der Waals surface area (Å²) in [4.78, 5) is 78.1. The zero-order valence-electron chi connectivity index (χ0n) is 24.9. The van der Waals surface area contributed by atoms with Gasteiger partial charge in [-0.3, -0.25) is 28.8 Å². The van der Waals surface area contributed by atoms with E-state index in [1.165, 1.54) is 52.4 Å². The van der Waals surface area contributed by atoms with E-state index in [1.807, 2.05) is 0 Å². The fraction of sp³-hybridized carbons (Fsp3) is 0.111. The van der Waals surface area contributed by atoms with E-state index in [-0.39, 0.29) is 56.0 Å². The van der Waals surface area contributed by atoms with Gasteiger partial charge in [-0.2, -0.15) is 0 Å². The van der Waals surface area contributed by atoms with Crippen LogP contribution >= 0.6 is 0 Å². The first kappa shape index (κ1) is 28.6. The van der Waals surface area contributed by atoms with Crippen LogP contribution in [-0.4, -0.2) is 49.3 Å². The molecule has 2 aliphatic rings. The highest BCUT2D eigenvalue weighted by Crippen LogP contribution is 2.52. The van der Waals surface area contributed by atoms with E-state index in [0.29, 0.717) is 32.3 Å². The van der Waals surface area contributed by atoms with Crippen LogP contribution in [0.3, 0.4) is 0 Å². The molecule has 226 valence electrons. The van der Waals surface area contributed by atoms with Crippen molar-refractivity contribution in [3.05, 3.63) is 83.0 Å². The number of fused-ring (bicyclic) bond motifs is 11. The van der Waals surface area contributed by atoms with Gasteiger partial charge in [0.15, 0.2) is 34.6 Å². The minimum absolute atomic E-state index is 0.0174. The Morgan fingerprint density at radius 2 is 0.848 bits per heavy atom. The lowest BCUT2D eigenvalue weighted by Gasteiger charge is -2.23. The number of methoxy groups -OCH3 is 2. The van der Waals surface area contributed by atoms with Gasteiger partial charge in [-0.15, -0.1) is 0 Å². The fourth-order valence-corrected chi connectivity index (χ4v) is 6.54. The zero-order valence-corrected chi connectivity index (χ0v) is 24.9. The molecule has 0 heterocycles. The van der Waals surface area contributed by atoms with E-state index >= 15 is 0 Å². The number of carbonyl (C=O) groups excluding carboxylic acids is 6. The molecule has 10 nitrogen and oxygen atoms in total. The van der Waals surface area contributed by atoms with Gasteiger partial charge in [0, 0.05) is 79.2 Å². The lowest BCUT2D eigenvalue weighted by atomic mass is 9.82. The highest BCUT2D eigenvalue weighted by molar-refractivity contribution is 6.40. The second-order valence-corrected chi connectivity index (χ2v) is 10.8. The normalized spacial score (nSPS) is 13.8. The van der Waals surface area contributed by atoms with Crippen molar-refractivity contribution >= 4 is 78.2 Å². The predicted octanol–water partition coefficient (Wildman–Crippen LogP) is 6.04. The van der Waals surface area contributed by atoms with E-state index < -0.39 is 35.1 Å². The third kappa shape index (κ3) is 3.96. The molecule has 0 aromatic heterocycles. The first-order valence-electron chi connectivity index (χ1n) is 14.1. The fourth-order valence-electron chi connectivity index (χ4n) is 6.54. The monoisotopic (exact) mass is 614 g/mol. The lowest BCUT2D eigenvalue weighted by molar-refractivity contribution is -0.132. The van der Waals surface area contributed by atoms with Crippen LogP contribution in [0.25, 0.3) is 43.1 Å². The Balaban J connectivity index is 1.88. The lowest BCUT2D eigenvalue weighted by Crippen LogP contribution is -2.15. The molecule has 0 unspecified atom stereocenters. The summed E-state index contributed by atoms with van der Waals surface area (Å²) in [5.74, 6) is -2.53. The number of esters is 2. The Kier molecular flexibility index (Phi) is 6.34. The summed E-state index contributed by atoms with van der Waals surface area (Å²) in [6, 6.07) is 9.39. The highest BCUT2D eigenvalue weighted by Gasteiger charge is 2.32. The molecule has 0 N–H and O–H groups in total. The minimum atomic E-state index is -0.648. The summed E-state index contributed by atoms with van der Waals surface area (Å²) in [5, 5.41) is 2.74. The maximum Gasteiger partial charge on any atom is 0.308 e. The molecular weight excluding hydrogens is 592 g/mol. The van der Waals surface area contributed by atoms with Crippen molar-refractivity contribution < 1.29 is 47.7 Å². The SMILES string of the molecule is COc1c(OC)c2ccc3c(OC(C)=O)cc4c(c3c2c2c1ccc1c(OC(C)=O)cc3c(c12)C(=O)C=CC3=O)C(=O)C=CC4=O. The third-order valence-corrected chi connectivity index (χ3v) is 8.19. The first-order chi connectivity index (χ1) is 22.0. The number of hydrogen-bond donors (Lipinski definition) is 0. The molecule has 0 fully saturated rings. The van der Waals surface area contributed by atoms with Gasteiger partial charge in [-0.1, -0.05) is 0 Å². The van der Waals surface area contributed by atoms with Gasteiger partial charge < -0.3 is 18.9 Å². The molecule has 0 saturated carbocycles. The summed E-state index contributed by atoms with van der Waals surface area (Å²) in [7, 11) is 2.90. The molecule has 46 heavy (non-hydrogen) atoms. The van der Waals surface area contributed by atoms with E-state index in [4.69, 9.17) is 18.9 Å². The van der Waals surface area contributed by atoms with Gasteiger partial charge >= 0.3 is 11.9 Å². The molecule has 0 spiro atoms. The largest absolute Gasteiger partial charge is 0.492 e. The molecule has 0 aliphatic heterocycles. The average Bonchev–Trinajstić information content (AvgIpc) is 3.02. The van der Waals surface area contributed by atoms with Crippen LogP contribution in [0.15, 0.2) is 60.7 Å². The van der Waals surface area contributed by atoms with Gasteiger partial charge in [0.1, 0.15) is 11.5 Å². The van der Waals surface area contributed by atoms with Crippen LogP contribution in [0, 0.1) is 0 Å². The number of allylic oxidation sites excluding steroid dienone is 4. The third-order valence-electron chi connectivity index (χ3n) is 8.19. The number of rotatable bonds is 4. The maximum atomic E-state index is 13.6. The van der Waals surface area contributed by atoms with Crippen molar-refractivity contribution in [1.82, 2.24) is 0 Å². The van der Waals surface area contributed by atoms with Crippen LogP contribution < -0.4 is 18.9 Å². The number of ether oxygens (including phenoxy) is 4. The van der Waals surface area contributed by atoms with Crippen LogP contribution in [0.5, 0.6) is 23.0 Å². The molecule has 0 amide bonds. The Morgan fingerprint density at radius 1 is 0.500 bits per heavy atom. The molecule has 0 saturated heterocycles. The smallest absolute Gasteiger partial charge is 0.308 e. The summed E-state index contributed by atoms with van der Waals surface area (Å²) in [6.45, 7) is 2.43. The van der Waals surface area contributed by atoms with Crippen LogP contribution in [0.1, 0.15) is 55.3 Å². The molecule has 5 aromatic rings. The number of hydrogen-bond acceptors (Lipinski definition) is 10. The second kappa shape index (κ2) is 10.2. The van der Waals surface area contributed by atoms with E-state index in [9.17, 15) is 28.8 Å². The average molecular weight is 615 g/mol. The summed E-state index contributed by atoms with van der Waals surface area (Å²) in [5.41, 5.74) is 0.149. The van der Waals surface area contributed by atoms with Crippen LogP contribution in [0.2, 0.25) is 0 Å². The van der Waals surface area contributed by atoms with Crippen molar-refractivity contribution in [2.24, 2.45) is 0 Å². The van der Waals surface area contributed by atoms with Crippen LogP contribution in [0.4, 0.5) is 0 Å². The molecule has 5 aromatic carbocycles. The van der Waals surface area contributed by atoms with Crippen molar-refractivity contribution in [2.75, 3.05) is 14.2 Å². The van der Waals surface area contributed by atoms with Gasteiger partial charge in [0.25, 0.3) is 0 Å². The predicted molar refractivity (Wildman–Crippen MR) is 168 cm³/mol.